The lowest BCUT2D eigenvalue weighted by Gasteiger charge is -2.37. The molecule has 194 valence electrons. The summed E-state index contributed by atoms with van der Waals surface area (Å²) in [6.07, 6.45) is 6.03. The predicted octanol–water partition coefficient (Wildman–Crippen LogP) is 4.94. The van der Waals surface area contributed by atoms with Crippen molar-refractivity contribution < 1.29 is 19.1 Å². The van der Waals surface area contributed by atoms with Crippen molar-refractivity contribution in [1.29, 1.82) is 5.26 Å². The zero-order chi connectivity index (χ0) is 26.1. The van der Waals surface area contributed by atoms with Gasteiger partial charge in [-0.15, -0.1) is 0 Å². The minimum absolute atomic E-state index is 0.0148. The largest absolute Gasteiger partial charge is 0.482 e. The first kappa shape index (κ1) is 26.8. The molecule has 3 aliphatic rings. The monoisotopic (exact) mass is 533 g/mol. The molecule has 0 aromatic heterocycles. The third-order valence-corrected chi connectivity index (χ3v) is 8.59. The van der Waals surface area contributed by atoms with Crippen molar-refractivity contribution >= 4 is 40.8 Å². The maximum absolute atomic E-state index is 13.3. The molecule has 2 amide bonds. The van der Waals surface area contributed by atoms with Gasteiger partial charge in [-0.3, -0.25) is 14.4 Å². The molecule has 1 aromatic rings. The van der Waals surface area contributed by atoms with Crippen LogP contribution in [0.15, 0.2) is 18.2 Å². The lowest BCUT2D eigenvalue weighted by Crippen LogP contribution is -2.50. The summed E-state index contributed by atoms with van der Waals surface area (Å²) >= 11 is 12.1. The Kier molecular flexibility index (Phi) is 7.87. The Bertz CT molecular complexity index is 1080. The molecule has 1 N–H and O–H groups in total. The van der Waals surface area contributed by atoms with E-state index < -0.39 is 12.1 Å². The summed E-state index contributed by atoms with van der Waals surface area (Å²) in [4.78, 5) is 40.7. The van der Waals surface area contributed by atoms with Gasteiger partial charge in [-0.2, -0.15) is 5.26 Å². The minimum atomic E-state index is -0.772. The Morgan fingerprint density at radius 1 is 1.28 bits per heavy atom. The van der Waals surface area contributed by atoms with Crippen LogP contribution in [0, 0.1) is 28.1 Å². The lowest BCUT2D eigenvalue weighted by atomic mass is 9.67. The second-order valence-corrected chi connectivity index (χ2v) is 12.3. The number of carbonyl (C=O) groups excluding carboxylic acids is 3. The van der Waals surface area contributed by atoms with E-state index in [1.54, 1.807) is 23.1 Å². The van der Waals surface area contributed by atoms with Gasteiger partial charge in [-0.25, -0.2) is 0 Å². The summed E-state index contributed by atoms with van der Waals surface area (Å²) in [6.45, 7) is 4.40. The van der Waals surface area contributed by atoms with E-state index in [4.69, 9.17) is 27.9 Å². The second-order valence-electron chi connectivity index (χ2n) is 11.4. The van der Waals surface area contributed by atoms with E-state index in [0.29, 0.717) is 41.6 Å². The molecule has 1 aromatic carbocycles. The first-order chi connectivity index (χ1) is 17.0. The van der Waals surface area contributed by atoms with Crippen LogP contribution in [0.2, 0.25) is 10.0 Å². The molecule has 7 nitrogen and oxygen atoms in total. The Hall–Kier alpha value is -2.30. The van der Waals surface area contributed by atoms with Crippen LogP contribution in [-0.2, 0) is 14.4 Å². The van der Waals surface area contributed by atoms with E-state index in [-0.39, 0.29) is 41.0 Å². The Morgan fingerprint density at radius 2 is 2.03 bits per heavy atom. The van der Waals surface area contributed by atoms with E-state index >= 15 is 0 Å². The number of nitrogens with zero attached hydrogens (tertiary/aromatic N) is 2. The summed E-state index contributed by atoms with van der Waals surface area (Å²) in [6, 6.07) is 5.49. The van der Waals surface area contributed by atoms with Gasteiger partial charge in [-0.1, -0.05) is 43.5 Å². The number of amides is 2. The van der Waals surface area contributed by atoms with Gasteiger partial charge in [0.15, 0.2) is 6.61 Å². The standard InChI is InChI=1S/C27H33Cl2N3O4/c1-26(2)9-6-17(22(33)13-26)10-19(14-30)31-25(35)21-12-27(7-3-8-27)16-32(21)24(34)15-36-23-5-4-18(28)11-20(23)29/h4-5,11,17,19,21H,3,6-10,12-13,15-16H2,1-2H3,(H,31,35)/t17-,19-,21-/m0/s1. The smallest absolute Gasteiger partial charge is 0.261 e. The van der Waals surface area contributed by atoms with Crippen molar-refractivity contribution in [1.82, 2.24) is 10.2 Å². The van der Waals surface area contributed by atoms with Crippen molar-refractivity contribution in [3.63, 3.8) is 0 Å². The van der Waals surface area contributed by atoms with Crippen molar-refractivity contribution in [2.45, 2.75) is 77.3 Å². The minimum Gasteiger partial charge on any atom is -0.482 e. The third kappa shape index (κ3) is 5.98. The van der Waals surface area contributed by atoms with Gasteiger partial charge in [0, 0.05) is 23.9 Å². The molecule has 1 saturated heterocycles. The van der Waals surface area contributed by atoms with Gasteiger partial charge >= 0.3 is 0 Å². The number of benzene rings is 1. The Labute approximate surface area is 222 Å². The van der Waals surface area contributed by atoms with E-state index in [1.165, 1.54) is 0 Å². The number of hydrogen-bond donors (Lipinski definition) is 1. The molecule has 4 rings (SSSR count). The van der Waals surface area contributed by atoms with Crippen molar-refractivity contribution in [2.24, 2.45) is 16.7 Å². The lowest BCUT2D eigenvalue weighted by molar-refractivity contribution is -0.140. The maximum atomic E-state index is 13.3. The quantitative estimate of drug-likeness (QED) is 0.535. The summed E-state index contributed by atoms with van der Waals surface area (Å²) < 4.78 is 5.64. The number of likely N-dealkylation sites (tertiary alicyclic amines) is 1. The first-order valence-electron chi connectivity index (χ1n) is 12.6. The zero-order valence-corrected chi connectivity index (χ0v) is 22.3. The normalized spacial score (nSPS) is 25.1. The number of carbonyl (C=O) groups is 3. The molecule has 1 heterocycles. The summed E-state index contributed by atoms with van der Waals surface area (Å²) in [5, 5.41) is 13.3. The molecular formula is C27H33Cl2N3O4. The molecule has 0 bridgehead atoms. The number of rotatable bonds is 7. The second kappa shape index (κ2) is 10.6. The number of halogens is 2. The van der Waals surface area contributed by atoms with Crippen molar-refractivity contribution in [3.8, 4) is 11.8 Å². The molecule has 3 fully saturated rings. The predicted molar refractivity (Wildman–Crippen MR) is 137 cm³/mol. The van der Waals surface area contributed by atoms with Crippen LogP contribution in [0.4, 0.5) is 0 Å². The summed E-state index contributed by atoms with van der Waals surface area (Å²) in [7, 11) is 0. The van der Waals surface area contributed by atoms with E-state index in [2.05, 4.69) is 25.2 Å². The molecule has 0 unspecified atom stereocenters. The molecule has 3 atom stereocenters. The van der Waals surface area contributed by atoms with Crippen LogP contribution >= 0.6 is 23.2 Å². The van der Waals surface area contributed by atoms with Gasteiger partial charge < -0.3 is 15.0 Å². The average Bonchev–Trinajstić information content (AvgIpc) is 3.21. The van der Waals surface area contributed by atoms with Crippen LogP contribution in [0.25, 0.3) is 0 Å². The van der Waals surface area contributed by atoms with E-state index in [1.807, 2.05) is 0 Å². The number of nitrogens with one attached hydrogen (secondary N) is 1. The molecular weight excluding hydrogens is 501 g/mol. The highest BCUT2D eigenvalue weighted by atomic mass is 35.5. The SMILES string of the molecule is CC1(C)CC[C@@H](C[C@@H](C#N)NC(=O)[C@@H]2CC3(CCC3)CN2C(=O)COc2ccc(Cl)cc2Cl)C(=O)C1. The van der Waals surface area contributed by atoms with Crippen LogP contribution in [0.1, 0.15) is 65.2 Å². The van der Waals surface area contributed by atoms with Crippen molar-refractivity contribution in [3.05, 3.63) is 28.2 Å². The fourth-order valence-electron chi connectivity index (χ4n) is 5.78. The molecule has 1 spiro atoms. The van der Waals surface area contributed by atoms with Crippen LogP contribution in [0.5, 0.6) is 5.75 Å². The van der Waals surface area contributed by atoms with Gasteiger partial charge in [-0.05, 0) is 67.6 Å². The van der Waals surface area contributed by atoms with Crippen LogP contribution < -0.4 is 10.1 Å². The molecule has 2 saturated carbocycles. The third-order valence-electron chi connectivity index (χ3n) is 8.06. The van der Waals surface area contributed by atoms with Crippen molar-refractivity contribution in [2.75, 3.05) is 13.2 Å². The molecule has 1 aliphatic heterocycles. The number of ketones is 1. The van der Waals surface area contributed by atoms with Crippen LogP contribution in [0.3, 0.4) is 0 Å². The van der Waals surface area contributed by atoms with Gasteiger partial charge in [0.25, 0.3) is 5.91 Å². The average molecular weight is 534 g/mol. The Morgan fingerprint density at radius 3 is 2.64 bits per heavy atom. The molecule has 9 heteroatoms. The zero-order valence-electron chi connectivity index (χ0n) is 20.8. The van der Waals surface area contributed by atoms with E-state index in [9.17, 15) is 19.6 Å². The fourth-order valence-corrected chi connectivity index (χ4v) is 6.25. The number of ether oxygens (including phenoxy) is 1. The number of nitriles is 1. The molecule has 2 aliphatic carbocycles. The van der Waals surface area contributed by atoms with Crippen LogP contribution in [-0.4, -0.2) is 47.7 Å². The van der Waals surface area contributed by atoms with Gasteiger partial charge in [0.05, 0.1) is 11.1 Å². The first-order valence-corrected chi connectivity index (χ1v) is 13.4. The molecule has 0 radical (unpaired) electrons. The van der Waals surface area contributed by atoms with Gasteiger partial charge in [0.2, 0.25) is 5.91 Å². The highest BCUT2D eigenvalue weighted by Gasteiger charge is 2.51. The number of hydrogen-bond acceptors (Lipinski definition) is 5. The maximum Gasteiger partial charge on any atom is 0.261 e. The highest BCUT2D eigenvalue weighted by Crippen LogP contribution is 2.50. The number of Topliss-reactive ketones (excluding diaryl/α,β-unsaturated/α-hetero) is 1. The van der Waals surface area contributed by atoms with E-state index in [0.717, 1.165) is 32.1 Å². The highest BCUT2D eigenvalue weighted by molar-refractivity contribution is 6.35. The van der Waals surface area contributed by atoms with Gasteiger partial charge in [0.1, 0.15) is 23.6 Å². The summed E-state index contributed by atoms with van der Waals surface area (Å²) in [5.41, 5.74) is -0.0677. The summed E-state index contributed by atoms with van der Waals surface area (Å²) in [5.74, 6) is -0.364. The fraction of sp³-hybridized carbons (Fsp3) is 0.630. The topological polar surface area (TPSA) is 99.5 Å². The Balaban J connectivity index is 1.39. The molecule has 36 heavy (non-hydrogen) atoms.